The second-order valence-corrected chi connectivity index (χ2v) is 5.85. The van der Waals surface area contributed by atoms with Gasteiger partial charge in [-0.05, 0) is 12.5 Å². The van der Waals surface area contributed by atoms with Gasteiger partial charge in [-0.2, -0.15) is 0 Å². The van der Waals surface area contributed by atoms with Crippen molar-refractivity contribution in [2.75, 3.05) is 65.6 Å². The van der Waals surface area contributed by atoms with Gasteiger partial charge in [-0.1, -0.05) is 13.8 Å². The molecule has 4 heteroatoms. The van der Waals surface area contributed by atoms with Crippen LogP contribution < -0.4 is 5.32 Å². The van der Waals surface area contributed by atoms with Crippen LogP contribution in [0.15, 0.2) is 0 Å². The van der Waals surface area contributed by atoms with Crippen LogP contribution >= 0.6 is 0 Å². The average Bonchev–Trinajstić information content (AvgIpc) is 2.45. The Bertz CT molecular complexity index is 267. The van der Waals surface area contributed by atoms with Crippen LogP contribution in [0, 0.1) is 18.3 Å². The summed E-state index contributed by atoms with van der Waals surface area (Å²) in [7, 11) is 0. The third-order valence-corrected chi connectivity index (χ3v) is 3.56. The Morgan fingerprint density at radius 3 is 2.35 bits per heavy atom. The first-order valence-electron chi connectivity index (χ1n) is 7.89. The smallest absolute Gasteiger partial charge is 0.0594 e. The molecule has 1 rings (SSSR count). The molecule has 1 fully saturated rings. The molecule has 4 nitrogen and oxygen atoms in total. The van der Waals surface area contributed by atoms with Crippen LogP contribution in [0.4, 0.5) is 0 Å². The molecule has 0 atom stereocenters. The molecule has 0 bridgehead atoms. The van der Waals surface area contributed by atoms with Crippen molar-refractivity contribution in [3.63, 3.8) is 0 Å². The molecule has 1 aliphatic rings. The lowest BCUT2D eigenvalue weighted by atomic mass is 10.2. The summed E-state index contributed by atoms with van der Waals surface area (Å²) in [6.45, 7) is 14.8. The zero-order chi connectivity index (χ0) is 14.6. The summed E-state index contributed by atoms with van der Waals surface area (Å²) in [5.41, 5.74) is 0. The van der Waals surface area contributed by atoms with Crippen LogP contribution in [0.25, 0.3) is 0 Å². The number of rotatable bonds is 10. The van der Waals surface area contributed by atoms with Crippen LogP contribution in [0.5, 0.6) is 0 Å². The summed E-state index contributed by atoms with van der Waals surface area (Å²) in [4.78, 5) is 4.93. The molecule has 1 N–H and O–H groups in total. The van der Waals surface area contributed by atoms with Gasteiger partial charge in [-0.15, -0.1) is 12.3 Å². The first kappa shape index (κ1) is 17.5. The minimum absolute atomic E-state index is 0.709. The van der Waals surface area contributed by atoms with Gasteiger partial charge in [0.15, 0.2) is 0 Å². The van der Waals surface area contributed by atoms with Gasteiger partial charge in [-0.25, -0.2) is 0 Å². The molecule has 0 radical (unpaired) electrons. The van der Waals surface area contributed by atoms with Crippen LogP contribution in [0.3, 0.4) is 0 Å². The normalized spacial score (nSPS) is 17.5. The Balaban J connectivity index is 1.90. The highest BCUT2D eigenvalue weighted by molar-refractivity contribution is 4.85. The number of nitrogens with zero attached hydrogens (tertiary/aromatic N) is 2. The number of piperazine rings is 1. The van der Waals surface area contributed by atoms with Gasteiger partial charge >= 0.3 is 0 Å². The molecule has 20 heavy (non-hydrogen) atoms. The van der Waals surface area contributed by atoms with E-state index in [0.717, 1.165) is 72.0 Å². The van der Waals surface area contributed by atoms with Crippen LogP contribution in [0.2, 0.25) is 0 Å². The summed E-state index contributed by atoms with van der Waals surface area (Å²) in [6.07, 6.45) is 6.16. The molecule has 0 unspecified atom stereocenters. The zero-order valence-electron chi connectivity index (χ0n) is 13.2. The fourth-order valence-corrected chi connectivity index (χ4v) is 2.29. The summed E-state index contributed by atoms with van der Waals surface area (Å²) in [5, 5.41) is 3.39. The fourth-order valence-electron chi connectivity index (χ4n) is 2.29. The number of hydrogen-bond donors (Lipinski definition) is 1. The van der Waals surface area contributed by atoms with Gasteiger partial charge in [0, 0.05) is 52.2 Å². The largest absolute Gasteiger partial charge is 0.379 e. The molecule has 0 spiro atoms. The Hall–Kier alpha value is -0.600. The highest BCUT2D eigenvalue weighted by Crippen LogP contribution is 2.01. The van der Waals surface area contributed by atoms with E-state index in [0.29, 0.717) is 5.92 Å². The minimum atomic E-state index is 0.709. The molecule has 0 aromatic carbocycles. The number of terminal acetylenes is 1. The molecule has 0 aliphatic carbocycles. The Kier molecular flexibility index (Phi) is 9.69. The summed E-state index contributed by atoms with van der Waals surface area (Å²) < 4.78 is 5.67. The lowest BCUT2D eigenvalue weighted by Crippen LogP contribution is -2.47. The van der Waals surface area contributed by atoms with E-state index in [1.807, 2.05) is 0 Å². The van der Waals surface area contributed by atoms with Crippen LogP contribution in [-0.2, 0) is 4.74 Å². The second-order valence-electron chi connectivity index (χ2n) is 5.85. The Labute approximate surface area is 124 Å². The average molecular weight is 281 g/mol. The Morgan fingerprint density at radius 1 is 1.10 bits per heavy atom. The van der Waals surface area contributed by atoms with Crippen LogP contribution in [0.1, 0.15) is 20.3 Å². The van der Waals surface area contributed by atoms with E-state index in [-0.39, 0.29) is 0 Å². The predicted octanol–water partition coefficient (Wildman–Crippen LogP) is 0.890. The van der Waals surface area contributed by atoms with Gasteiger partial charge in [0.25, 0.3) is 0 Å². The second kappa shape index (κ2) is 11.1. The monoisotopic (exact) mass is 281 g/mol. The van der Waals surface area contributed by atoms with Crippen molar-refractivity contribution in [1.82, 2.24) is 15.1 Å². The van der Waals surface area contributed by atoms with E-state index >= 15 is 0 Å². The lowest BCUT2D eigenvalue weighted by molar-refractivity contribution is 0.0771. The van der Waals surface area contributed by atoms with Gasteiger partial charge in [0.2, 0.25) is 0 Å². The van der Waals surface area contributed by atoms with E-state index in [4.69, 9.17) is 11.2 Å². The van der Waals surface area contributed by atoms with Crippen molar-refractivity contribution in [3.05, 3.63) is 0 Å². The van der Waals surface area contributed by atoms with Gasteiger partial charge in [0.1, 0.15) is 0 Å². The third kappa shape index (κ3) is 8.55. The molecule has 1 heterocycles. The van der Waals surface area contributed by atoms with Crippen molar-refractivity contribution >= 4 is 0 Å². The van der Waals surface area contributed by atoms with E-state index < -0.39 is 0 Å². The highest BCUT2D eigenvalue weighted by atomic mass is 16.5. The maximum absolute atomic E-state index is 5.67. The summed E-state index contributed by atoms with van der Waals surface area (Å²) >= 11 is 0. The standard InChI is InChI=1S/C16H31N3O/c1-4-5-7-18-8-10-19(11-9-18)12-14-20-13-6-17-15-16(2)3/h1,16-17H,5-15H2,2-3H3. The van der Waals surface area contributed by atoms with Gasteiger partial charge < -0.3 is 10.1 Å². The summed E-state index contributed by atoms with van der Waals surface area (Å²) in [5.74, 6) is 3.42. The number of nitrogens with one attached hydrogen (secondary N) is 1. The highest BCUT2D eigenvalue weighted by Gasteiger charge is 2.15. The number of hydrogen-bond acceptors (Lipinski definition) is 4. The van der Waals surface area contributed by atoms with E-state index in [2.05, 4.69) is 34.9 Å². The number of ether oxygens (including phenoxy) is 1. The first-order chi connectivity index (χ1) is 9.72. The SMILES string of the molecule is C#CCCN1CCN(CCOCCNCC(C)C)CC1. The van der Waals surface area contributed by atoms with Crippen LogP contribution in [-0.4, -0.2) is 75.4 Å². The fraction of sp³-hybridized carbons (Fsp3) is 0.875. The van der Waals surface area contributed by atoms with E-state index in [9.17, 15) is 0 Å². The van der Waals surface area contributed by atoms with E-state index in [1.54, 1.807) is 0 Å². The molecule has 0 aromatic heterocycles. The maximum Gasteiger partial charge on any atom is 0.0594 e. The molecular formula is C16H31N3O. The predicted molar refractivity (Wildman–Crippen MR) is 84.9 cm³/mol. The van der Waals surface area contributed by atoms with Crippen molar-refractivity contribution < 1.29 is 4.74 Å². The zero-order valence-corrected chi connectivity index (χ0v) is 13.2. The maximum atomic E-state index is 5.67. The van der Waals surface area contributed by atoms with Crippen molar-refractivity contribution in [1.29, 1.82) is 0 Å². The van der Waals surface area contributed by atoms with E-state index in [1.165, 1.54) is 0 Å². The molecule has 1 saturated heterocycles. The summed E-state index contributed by atoms with van der Waals surface area (Å²) in [6, 6.07) is 0. The molecule has 0 aromatic rings. The third-order valence-electron chi connectivity index (χ3n) is 3.56. The molecule has 0 amide bonds. The van der Waals surface area contributed by atoms with Crippen molar-refractivity contribution in [2.45, 2.75) is 20.3 Å². The minimum Gasteiger partial charge on any atom is -0.379 e. The van der Waals surface area contributed by atoms with Crippen molar-refractivity contribution in [2.24, 2.45) is 5.92 Å². The lowest BCUT2D eigenvalue weighted by Gasteiger charge is -2.34. The van der Waals surface area contributed by atoms with Gasteiger partial charge in [0.05, 0.1) is 13.2 Å². The molecule has 0 saturated carbocycles. The van der Waals surface area contributed by atoms with Gasteiger partial charge in [-0.3, -0.25) is 9.80 Å². The quantitative estimate of drug-likeness (QED) is 0.475. The molecule has 116 valence electrons. The topological polar surface area (TPSA) is 27.7 Å². The van der Waals surface area contributed by atoms with Crippen molar-refractivity contribution in [3.8, 4) is 12.3 Å². The molecular weight excluding hydrogens is 250 g/mol. The first-order valence-corrected chi connectivity index (χ1v) is 7.89. The molecule has 1 aliphatic heterocycles. The Morgan fingerprint density at radius 2 is 1.75 bits per heavy atom.